The maximum atomic E-state index is 11.1. The Morgan fingerprint density at radius 3 is 1.55 bits per heavy atom. The van der Waals surface area contributed by atoms with Crippen LogP contribution in [0.3, 0.4) is 0 Å². The van der Waals surface area contributed by atoms with Crippen LogP contribution >= 0.6 is 0 Å². The number of fused-ring (bicyclic) bond motifs is 9. The summed E-state index contributed by atoms with van der Waals surface area (Å²) >= 11 is 0. The summed E-state index contributed by atoms with van der Waals surface area (Å²) in [7, 11) is 0. The number of aromatic nitrogens is 3. The average Bonchev–Trinajstić information content (AvgIpc) is 3.89. The van der Waals surface area contributed by atoms with Crippen molar-refractivity contribution >= 4 is 71.1 Å². The molecule has 0 spiro atoms. The molecule has 0 atom stereocenters. The second kappa shape index (κ2) is 11.8. The highest BCUT2D eigenvalue weighted by Crippen LogP contribution is 2.44. The normalized spacial score (nSPS) is 11.6. The molecular weight excluding hydrogens is 671 g/mol. The average molecular weight is 700 g/mol. The monoisotopic (exact) mass is 699 g/mol. The van der Waals surface area contributed by atoms with Crippen LogP contribution in [0.4, 0.5) is 5.69 Å². The Labute approximate surface area is 316 Å². The molecular formula is C50H29N5. The van der Waals surface area contributed by atoms with Crippen LogP contribution in [0.1, 0.15) is 5.56 Å². The quantitative estimate of drug-likeness (QED) is 0.169. The first-order chi connectivity index (χ1) is 27.3. The fourth-order valence-electron chi connectivity index (χ4n) is 8.93. The van der Waals surface area contributed by atoms with E-state index in [4.69, 9.17) is 6.57 Å². The van der Waals surface area contributed by atoms with Crippen molar-refractivity contribution in [2.75, 3.05) is 0 Å². The molecule has 0 radical (unpaired) electrons. The molecule has 11 aromatic rings. The van der Waals surface area contributed by atoms with E-state index in [0.717, 1.165) is 82.8 Å². The molecule has 0 unspecified atom stereocenters. The molecule has 0 saturated heterocycles. The molecule has 3 aromatic heterocycles. The number of benzene rings is 8. The van der Waals surface area contributed by atoms with Crippen molar-refractivity contribution < 1.29 is 0 Å². The Kier molecular flexibility index (Phi) is 6.61. The molecule has 5 heteroatoms. The summed E-state index contributed by atoms with van der Waals surface area (Å²) in [4.78, 5) is 3.88. The van der Waals surface area contributed by atoms with E-state index in [1.165, 1.54) is 10.8 Å². The molecule has 0 amide bonds. The molecule has 5 nitrogen and oxygen atoms in total. The van der Waals surface area contributed by atoms with Crippen LogP contribution in [0.5, 0.6) is 0 Å². The van der Waals surface area contributed by atoms with Gasteiger partial charge in [0.05, 0.1) is 56.8 Å². The van der Waals surface area contributed by atoms with Gasteiger partial charge in [-0.25, -0.2) is 4.85 Å². The summed E-state index contributed by atoms with van der Waals surface area (Å²) in [5.74, 6) is 0. The topological polar surface area (TPSA) is 42.9 Å². The molecule has 0 aliphatic rings. The van der Waals surface area contributed by atoms with Gasteiger partial charge in [0, 0.05) is 43.6 Å². The zero-order valence-electron chi connectivity index (χ0n) is 29.5. The van der Waals surface area contributed by atoms with Gasteiger partial charge in [0.2, 0.25) is 0 Å². The summed E-state index contributed by atoms with van der Waals surface area (Å²) in [6.07, 6.45) is 0. The lowest BCUT2D eigenvalue weighted by Crippen LogP contribution is -2.04. The van der Waals surface area contributed by atoms with Gasteiger partial charge in [-0.3, -0.25) is 0 Å². The Morgan fingerprint density at radius 1 is 0.400 bits per heavy atom. The van der Waals surface area contributed by atoms with Crippen molar-refractivity contribution in [1.82, 2.24) is 13.7 Å². The third kappa shape index (κ3) is 4.27. The summed E-state index contributed by atoms with van der Waals surface area (Å²) in [6, 6.07) is 63.6. The van der Waals surface area contributed by atoms with Crippen LogP contribution in [-0.4, -0.2) is 13.7 Å². The predicted molar refractivity (Wildman–Crippen MR) is 226 cm³/mol. The highest BCUT2D eigenvalue weighted by Gasteiger charge is 2.24. The van der Waals surface area contributed by atoms with E-state index in [0.29, 0.717) is 11.3 Å². The van der Waals surface area contributed by atoms with Crippen molar-refractivity contribution in [2.45, 2.75) is 0 Å². The van der Waals surface area contributed by atoms with E-state index in [-0.39, 0.29) is 0 Å². The lowest BCUT2D eigenvalue weighted by molar-refractivity contribution is 1.13. The Morgan fingerprint density at radius 2 is 0.855 bits per heavy atom. The zero-order chi connectivity index (χ0) is 36.6. The summed E-state index contributed by atoms with van der Waals surface area (Å²) in [5.41, 5.74) is 12.1. The third-order valence-corrected chi connectivity index (χ3v) is 11.1. The number of hydrogen-bond acceptors (Lipinski definition) is 1. The molecule has 11 rings (SSSR count). The predicted octanol–water partition coefficient (Wildman–Crippen LogP) is 13.1. The number of hydrogen-bond donors (Lipinski definition) is 0. The van der Waals surface area contributed by atoms with Crippen molar-refractivity contribution in [1.29, 1.82) is 5.26 Å². The molecule has 8 aromatic carbocycles. The van der Waals surface area contributed by atoms with Crippen LogP contribution in [0.25, 0.3) is 98.5 Å². The van der Waals surface area contributed by atoms with E-state index in [1.807, 2.05) is 42.5 Å². The van der Waals surface area contributed by atoms with Gasteiger partial charge in [0.1, 0.15) is 6.07 Å². The molecule has 0 fully saturated rings. The maximum absolute atomic E-state index is 11.1. The largest absolute Gasteiger partial charge is 0.309 e. The highest BCUT2D eigenvalue weighted by molar-refractivity contribution is 6.17. The van der Waals surface area contributed by atoms with Crippen LogP contribution in [0.15, 0.2) is 176 Å². The first-order valence-electron chi connectivity index (χ1n) is 18.3. The molecule has 0 saturated carbocycles. The first-order valence-corrected chi connectivity index (χ1v) is 18.3. The molecule has 0 N–H and O–H groups in total. The van der Waals surface area contributed by atoms with E-state index in [2.05, 4.69) is 158 Å². The number of rotatable bonds is 4. The Hall–Kier alpha value is -7.86. The fourth-order valence-corrected chi connectivity index (χ4v) is 8.93. The van der Waals surface area contributed by atoms with E-state index in [9.17, 15) is 5.26 Å². The van der Waals surface area contributed by atoms with Crippen LogP contribution < -0.4 is 0 Å². The van der Waals surface area contributed by atoms with Crippen molar-refractivity contribution in [2.24, 2.45) is 0 Å². The standard InChI is InChI=1S/C50H29N5/c1-52-40-22-14-29-47-49(40)38-19-6-11-27-45(38)53(47)46-28-12-20-32(39(46)31-51)33-15-2-9-25-43(33)55-44-26-10-5-18-36(44)37-21-13-30-48(50(37)55)54-41-23-7-3-16-34(41)35-17-4-8-24-42(35)54/h2-30H. The third-order valence-electron chi connectivity index (χ3n) is 11.1. The Balaban J connectivity index is 1.23. The second-order valence-electron chi connectivity index (χ2n) is 13.9. The zero-order valence-corrected chi connectivity index (χ0v) is 29.5. The van der Waals surface area contributed by atoms with Crippen molar-refractivity contribution in [3.05, 3.63) is 193 Å². The second-order valence-corrected chi connectivity index (χ2v) is 13.9. The molecule has 3 heterocycles. The number of para-hydroxylation sites is 6. The van der Waals surface area contributed by atoms with Gasteiger partial charge in [-0.2, -0.15) is 5.26 Å². The van der Waals surface area contributed by atoms with Crippen LogP contribution in [0.2, 0.25) is 0 Å². The maximum Gasteiger partial charge on any atom is 0.197 e. The molecule has 55 heavy (non-hydrogen) atoms. The number of nitrogens with zero attached hydrogens (tertiary/aromatic N) is 5. The van der Waals surface area contributed by atoms with Gasteiger partial charge >= 0.3 is 0 Å². The van der Waals surface area contributed by atoms with Crippen molar-refractivity contribution in [3.63, 3.8) is 0 Å². The first kappa shape index (κ1) is 30.7. The summed E-state index contributed by atoms with van der Waals surface area (Å²) in [6.45, 7) is 7.95. The van der Waals surface area contributed by atoms with Gasteiger partial charge in [0.15, 0.2) is 5.69 Å². The fraction of sp³-hybridized carbons (Fsp3) is 0. The lowest BCUT2D eigenvalue weighted by atomic mass is 9.96. The lowest BCUT2D eigenvalue weighted by Gasteiger charge is -2.19. The van der Waals surface area contributed by atoms with Crippen LogP contribution in [-0.2, 0) is 0 Å². The molecule has 0 aliphatic heterocycles. The minimum absolute atomic E-state index is 0.564. The Bertz CT molecular complexity index is 3420. The van der Waals surface area contributed by atoms with Gasteiger partial charge in [-0.1, -0.05) is 127 Å². The summed E-state index contributed by atoms with van der Waals surface area (Å²) in [5, 5.41) is 17.7. The van der Waals surface area contributed by atoms with Gasteiger partial charge in [-0.05, 0) is 53.9 Å². The van der Waals surface area contributed by atoms with E-state index >= 15 is 0 Å². The minimum Gasteiger partial charge on any atom is -0.309 e. The molecule has 0 aliphatic carbocycles. The van der Waals surface area contributed by atoms with Gasteiger partial charge < -0.3 is 13.7 Å². The van der Waals surface area contributed by atoms with Gasteiger partial charge in [-0.15, -0.1) is 0 Å². The highest BCUT2D eigenvalue weighted by atomic mass is 15.1. The van der Waals surface area contributed by atoms with Gasteiger partial charge in [0.25, 0.3) is 0 Å². The van der Waals surface area contributed by atoms with Crippen molar-refractivity contribution in [3.8, 4) is 34.3 Å². The minimum atomic E-state index is 0.564. The summed E-state index contributed by atoms with van der Waals surface area (Å²) < 4.78 is 6.92. The smallest absolute Gasteiger partial charge is 0.197 e. The SMILES string of the molecule is [C-]#[N+]c1cccc2c1c1ccccc1n2-c1cccc(-c2ccccc2-n2c3ccccc3c3cccc(-n4c5ccccc5c5ccccc54)c32)c1C#N. The molecule has 254 valence electrons. The van der Waals surface area contributed by atoms with E-state index in [1.54, 1.807) is 0 Å². The number of nitriles is 1. The van der Waals surface area contributed by atoms with Crippen LogP contribution in [0, 0.1) is 17.9 Å². The van der Waals surface area contributed by atoms with E-state index < -0.39 is 0 Å². The molecule has 0 bridgehead atoms.